The van der Waals surface area contributed by atoms with Crippen LogP contribution in [-0.4, -0.2) is 49.5 Å². The minimum Gasteiger partial charge on any atom is -0.454 e. The highest BCUT2D eigenvalue weighted by Gasteiger charge is 2.28. The molecule has 2 aliphatic rings. The summed E-state index contributed by atoms with van der Waals surface area (Å²) in [5, 5.41) is 14.0. The van der Waals surface area contributed by atoms with Gasteiger partial charge < -0.3 is 19.9 Å². The predicted octanol–water partition coefficient (Wildman–Crippen LogP) is 0.528. The van der Waals surface area contributed by atoms with E-state index in [0.717, 1.165) is 43.2 Å². The maximum Gasteiger partial charge on any atom is 0.231 e. The van der Waals surface area contributed by atoms with Gasteiger partial charge in [-0.05, 0) is 24.6 Å². The monoisotopic (exact) mass is 264 g/mol. The fourth-order valence-corrected chi connectivity index (χ4v) is 2.63. The van der Waals surface area contributed by atoms with E-state index in [4.69, 9.17) is 9.47 Å². The number of benzene rings is 1. The van der Waals surface area contributed by atoms with Crippen LogP contribution in [0.1, 0.15) is 12.5 Å². The number of nitrogens with one attached hydrogen (secondary N) is 1. The summed E-state index contributed by atoms with van der Waals surface area (Å²) in [7, 11) is 0. The second-order valence-corrected chi connectivity index (χ2v) is 5.37. The van der Waals surface area contributed by atoms with Crippen LogP contribution in [0.2, 0.25) is 0 Å². The molecule has 0 saturated carbocycles. The van der Waals surface area contributed by atoms with Gasteiger partial charge in [0.05, 0.1) is 5.60 Å². The average Bonchev–Trinajstić information content (AvgIpc) is 2.86. The van der Waals surface area contributed by atoms with Crippen molar-refractivity contribution in [3.8, 4) is 11.5 Å². The van der Waals surface area contributed by atoms with Crippen molar-refractivity contribution in [2.45, 2.75) is 12.5 Å². The van der Waals surface area contributed by atoms with Crippen molar-refractivity contribution < 1.29 is 14.6 Å². The Bertz CT molecular complexity index is 456. The van der Waals surface area contributed by atoms with Gasteiger partial charge in [-0.2, -0.15) is 0 Å². The number of piperazine rings is 1. The zero-order chi connectivity index (χ0) is 13.3. The van der Waals surface area contributed by atoms with Crippen LogP contribution in [0.5, 0.6) is 11.5 Å². The lowest BCUT2D eigenvalue weighted by Crippen LogP contribution is -2.48. The molecule has 1 unspecified atom stereocenters. The molecule has 0 radical (unpaired) electrons. The van der Waals surface area contributed by atoms with Crippen molar-refractivity contribution >= 4 is 0 Å². The summed E-state index contributed by atoms with van der Waals surface area (Å²) in [5.41, 5.74) is -0.00603. The second-order valence-electron chi connectivity index (χ2n) is 5.37. The number of aliphatic hydroxyl groups is 1. The summed E-state index contributed by atoms with van der Waals surface area (Å²) < 4.78 is 10.7. The third kappa shape index (κ3) is 2.68. The van der Waals surface area contributed by atoms with E-state index in [1.807, 2.05) is 25.1 Å². The molecular weight excluding hydrogens is 244 g/mol. The Morgan fingerprint density at radius 3 is 2.79 bits per heavy atom. The van der Waals surface area contributed by atoms with Gasteiger partial charge in [-0.3, -0.25) is 4.90 Å². The Balaban J connectivity index is 1.75. The lowest BCUT2D eigenvalue weighted by Gasteiger charge is -2.34. The van der Waals surface area contributed by atoms with Crippen molar-refractivity contribution in [3.63, 3.8) is 0 Å². The third-order valence-electron chi connectivity index (χ3n) is 3.74. The number of hydrogen-bond donors (Lipinski definition) is 2. The zero-order valence-corrected chi connectivity index (χ0v) is 11.2. The quantitative estimate of drug-likeness (QED) is 0.834. The Morgan fingerprint density at radius 2 is 2.00 bits per heavy atom. The summed E-state index contributed by atoms with van der Waals surface area (Å²) in [5.74, 6) is 1.47. The summed E-state index contributed by atoms with van der Waals surface area (Å²) in [4.78, 5) is 2.28. The van der Waals surface area contributed by atoms with Crippen molar-refractivity contribution in [2.24, 2.45) is 0 Å². The fourth-order valence-electron chi connectivity index (χ4n) is 2.63. The Hall–Kier alpha value is -1.30. The molecule has 0 spiro atoms. The molecule has 5 nitrogen and oxygen atoms in total. The van der Waals surface area contributed by atoms with Crippen molar-refractivity contribution in [2.75, 3.05) is 39.5 Å². The first-order valence-corrected chi connectivity index (χ1v) is 6.71. The molecule has 1 aromatic rings. The van der Waals surface area contributed by atoms with E-state index in [1.54, 1.807) is 0 Å². The highest BCUT2D eigenvalue weighted by molar-refractivity contribution is 5.46. The van der Waals surface area contributed by atoms with Crippen LogP contribution in [0.15, 0.2) is 18.2 Å². The van der Waals surface area contributed by atoms with Gasteiger partial charge in [0.25, 0.3) is 0 Å². The molecule has 5 heteroatoms. The van der Waals surface area contributed by atoms with Gasteiger partial charge in [0.2, 0.25) is 6.79 Å². The van der Waals surface area contributed by atoms with Crippen molar-refractivity contribution in [1.29, 1.82) is 0 Å². The first-order chi connectivity index (χ1) is 9.15. The largest absolute Gasteiger partial charge is 0.454 e. The van der Waals surface area contributed by atoms with Crippen LogP contribution >= 0.6 is 0 Å². The van der Waals surface area contributed by atoms with Gasteiger partial charge in [0.15, 0.2) is 11.5 Å². The highest BCUT2D eigenvalue weighted by Crippen LogP contribution is 2.35. The number of nitrogens with zero attached hydrogens (tertiary/aromatic N) is 1. The minimum absolute atomic E-state index is 0.263. The molecule has 1 fully saturated rings. The fraction of sp³-hybridized carbons (Fsp3) is 0.571. The molecule has 2 aliphatic heterocycles. The average molecular weight is 264 g/mol. The summed E-state index contributed by atoms with van der Waals surface area (Å²) in [6.07, 6.45) is 0. The maximum atomic E-state index is 10.7. The van der Waals surface area contributed by atoms with Crippen LogP contribution in [0.25, 0.3) is 0 Å². The van der Waals surface area contributed by atoms with Crippen molar-refractivity contribution in [1.82, 2.24) is 10.2 Å². The molecule has 1 aromatic carbocycles. The standard InChI is InChI=1S/C14H20N2O3/c1-14(17,9-16-6-4-15-5-7-16)11-2-3-12-13(8-11)19-10-18-12/h2-3,8,15,17H,4-7,9-10H2,1H3. The Labute approximate surface area is 113 Å². The van der Waals surface area contributed by atoms with E-state index >= 15 is 0 Å². The first-order valence-electron chi connectivity index (χ1n) is 6.71. The molecule has 3 rings (SSSR count). The van der Waals surface area contributed by atoms with Crippen LogP contribution in [0.3, 0.4) is 0 Å². The smallest absolute Gasteiger partial charge is 0.231 e. The lowest BCUT2D eigenvalue weighted by atomic mass is 9.94. The van der Waals surface area contributed by atoms with E-state index in [2.05, 4.69) is 10.2 Å². The molecule has 0 bridgehead atoms. The number of hydrogen-bond acceptors (Lipinski definition) is 5. The number of ether oxygens (including phenoxy) is 2. The molecule has 104 valence electrons. The number of fused-ring (bicyclic) bond motifs is 1. The van der Waals surface area contributed by atoms with E-state index in [9.17, 15) is 5.11 Å². The molecule has 2 N–H and O–H groups in total. The van der Waals surface area contributed by atoms with E-state index in [1.165, 1.54) is 0 Å². The second kappa shape index (κ2) is 5.00. The lowest BCUT2D eigenvalue weighted by molar-refractivity contribution is 0.0124. The van der Waals surface area contributed by atoms with E-state index in [-0.39, 0.29) is 6.79 Å². The highest BCUT2D eigenvalue weighted by atomic mass is 16.7. The molecule has 19 heavy (non-hydrogen) atoms. The minimum atomic E-state index is -0.877. The Kier molecular flexibility index (Phi) is 3.35. The van der Waals surface area contributed by atoms with Gasteiger partial charge in [-0.1, -0.05) is 6.07 Å². The van der Waals surface area contributed by atoms with Crippen molar-refractivity contribution in [3.05, 3.63) is 23.8 Å². The van der Waals surface area contributed by atoms with Crippen LogP contribution < -0.4 is 14.8 Å². The normalized spacial score (nSPS) is 22.2. The van der Waals surface area contributed by atoms with Crippen LogP contribution in [0.4, 0.5) is 0 Å². The molecule has 1 saturated heterocycles. The SMILES string of the molecule is CC(O)(CN1CCNCC1)c1ccc2c(c1)OCO2. The number of β-amino-alcohol motifs (C(OH)–C–C–N with tert-alkyl or cyclic N) is 1. The maximum absolute atomic E-state index is 10.7. The van der Waals surface area contributed by atoms with Gasteiger partial charge in [-0.15, -0.1) is 0 Å². The summed E-state index contributed by atoms with van der Waals surface area (Å²) in [6.45, 7) is 6.66. The van der Waals surface area contributed by atoms with E-state index < -0.39 is 5.60 Å². The molecule has 1 atom stereocenters. The molecule has 0 aromatic heterocycles. The van der Waals surface area contributed by atoms with E-state index in [0.29, 0.717) is 6.54 Å². The summed E-state index contributed by atoms with van der Waals surface area (Å²) >= 11 is 0. The number of rotatable bonds is 3. The van der Waals surface area contributed by atoms with Crippen LogP contribution in [-0.2, 0) is 5.60 Å². The first kappa shape index (κ1) is 12.7. The van der Waals surface area contributed by atoms with Gasteiger partial charge in [0, 0.05) is 32.7 Å². The summed E-state index contributed by atoms with van der Waals surface area (Å²) in [6, 6.07) is 5.66. The molecule has 0 amide bonds. The molecule has 0 aliphatic carbocycles. The molecule has 2 heterocycles. The van der Waals surface area contributed by atoms with Gasteiger partial charge >= 0.3 is 0 Å². The molecular formula is C14H20N2O3. The topological polar surface area (TPSA) is 54.0 Å². The van der Waals surface area contributed by atoms with Gasteiger partial charge in [0.1, 0.15) is 0 Å². The Morgan fingerprint density at radius 1 is 1.26 bits per heavy atom. The third-order valence-corrected chi connectivity index (χ3v) is 3.74. The predicted molar refractivity (Wildman–Crippen MR) is 71.4 cm³/mol. The zero-order valence-electron chi connectivity index (χ0n) is 11.2. The van der Waals surface area contributed by atoms with Gasteiger partial charge in [-0.25, -0.2) is 0 Å². The van der Waals surface area contributed by atoms with Crippen LogP contribution in [0, 0.1) is 0 Å².